The third-order valence-corrected chi connectivity index (χ3v) is 3.02. The Bertz CT molecular complexity index is 630. The maximum Gasteiger partial charge on any atom is 0.0630 e. The van der Waals surface area contributed by atoms with Crippen molar-refractivity contribution in [1.82, 2.24) is 0 Å². The van der Waals surface area contributed by atoms with Gasteiger partial charge in [0.1, 0.15) is 0 Å². The minimum absolute atomic E-state index is 0. The van der Waals surface area contributed by atoms with Gasteiger partial charge in [-0.3, -0.25) is 9.98 Å². The third-order valence-electron chi connectivity index (χ3n) is 3.02. The van der Waals surface area contributed by atoms with Crippen LogP contribution in [0.25, 0.3) is 12.2 Å². The molecule has 0 saturated carbocycles. The van der Waals surface area contributed by atoms with Gasteiger partial charge in [-0.2, -0.15) is 0 Å². The zero-order valence-electron chi connectivity index (χ0n) is 13.3. The first-order valence-electron chi connectivity index (χ1n) is 7.34. The molecule has 0 aromatic heterocycles. The quantitative estimate of drug-likeness (QED) is 0.448. The number of allylic oxidation sites excluding steroid dienone is 2. The first-order valence-corrected chi connectivity index (χ1v) is 7.34. The number of nitrogens with zero attached hydrogens (tertiary/aromatic N) is 2. The van der Waals surface area contributed by atoms with E-state index in [4.69, 9.17) is 0 Å². The topological polar surface area (TPSA) is 24.7 Å². The molecule has 3 heteroatoms. The van der Waals surface area contributed by atoms with Gasteiger partial charge in [-0.1, -0.05) is 48.6 Å². The van der Waals surface area contributed by atoms with Crippen LogP contribution in [0.1, 0.15) is 25.0 Å². The molecule has 0 N–H and O–H groups in total. The summed E-state index contributed by atoms with van der Waals surface area (Å²) in [5, 5.41) is 0. The van der Waals surface area contributed by atoms with Crippen LogP contribution in [0.4, 0.5) is 11.4 Å². The Morgan fingerprint density at radius 3 is 1.26 bits per heavy atom. The first kappa shape index (κ1) is 19.0. The Kier molecular flexibility index (Phi) is 8.76. The number of hydrogen-bond acceptors (Lipinski definition) is 2. The summed E-state index contributed by atoms with van der Waals surface area (Å²) in [7, 11) is 0. The van der Waals surface area contributed by atoms with Gasteiger partial charge in [-0.05, 0) is 49.2 Å². The van der Waals surface area contributed by atoms with Gasteiger partial charge in [0.25, 0.3) is 0 Å². The van der Waals surface area contributed by atoms with Crippen LogP contribution in [-0.4, -0.2) is 12.4 Å². The molecule has 2 nitrogen and oxygen atoms in total. The van der Waals surface area contributed by atoms with Crippen LogP contribution >= 0.6 is 0 Å². The van der Waals surface area contributed by atoms with E-state index in [1.165, 1.54) is 11.1 Å². The fraction of sp³-hybridized carbons (Fsp3) is 0.100. The molecule has 0 fully saturated rings. The molecule has 0 unspecified atom stereocenters. The molecule has 2 aromatic rings. The number of hydrogen-bond donors (Lipinski definition) is 0. The van der Waals surface area contributed by atoms with Crippen LogP contribution in [0.15, 0.2) is 70.7 Å². The standard InChI is InChI=1S/C20H20N2.Pd/c1-3-5-17-7-11-19(12-8-17)21-15-16-22-20-13-9-18(6-4-2)10-14-20;/h3-16H,1-2H3;. The van der Waals surface area contributed by atoms with E-state index >= 15 is 0 Å². The van der Waals surface area contributed by atoms with Crippen LogP contribution in [0.3, 0.4) is 0 Å². The van der Waals surface area contributed by atoms with E-state index in [1.807, 2.05) is 74.5 Å². The molecule has 0 bridgehead atoms. The number of benzene rings is 2. The van der Waals surface area contributed by atoms with E-state index in [0.29, 0.717) is 0 Å². The Balaban J connectivity index is 0.00000264. The van der Waals surface area contributed by atoms with Gasteiger partial charge in [0.05, 0.1) is 11.4 Å². The predicted molar refractivity (Wildman–Crippen MR) is 98.6 cm³/mol. The van der Waals surface area contributed by atoms with Gasteiger partial charge >= 0.3 is 0 Å². The van der Waals surface area contributed by atoms with Crippen molar-refractivity contribution in [1.29, 1.82) is 0 Å². The van der Waals surface area contributed by atoms with Gasteiger partial charge in [0.2, 0.25) is 0 Å². The van der Waals surface area contributed by atoms with Crippen LogP contribution in [0.2, 0.25) is 0 Å². The van der Waals surface area contributed by atoms with Crippen LogP contribution in [0.5, 0.6) is 0 Å². The molecular formula is C20H20N2Pd. The van der Waals surface area contributed by atoms with Crippen LogP contribution in [-0.2, 0) is 20.4 Å². The molecule has 0 radical (unpaired) electrons. The Morgan fingerprint density at radius 2 is 0.957 bits per heavy atom. The molecule has 23 heavy (non-hydrogen) atoms. The summed E-state index contributed by atoms with van der Waals surface area (Å²) < 4.78 is 0. The Hall–Kier alpha value is -2.08. The molecule has 0 spiro atoms. The normalized spacial score (nSPS) is 11.7. The van der Waals surface area contributed by atoms with Gasteiger partial charge in [0.15, 0.2) is 0 Å². The average molecular weight is 395 g/mol. The summed E-state index contributed by atoms with van der Waals surface area (Å²) in [5.41, 5.74) is 4.19. The molecule has 0 aliphatic heterocycles. The summed E-state index contributed by atoms with van der Waals surface area (Å²) in [6.07, 6.45) is 11.6. The van der Waals surface area contributed by atoms with Crippen molar-refractivity contribution in [2.24, 2.45) is 9.98 Å². The van der Waals surface area contributed by atoms with Crippen molar-refractivity contribution in [2.75, 3.05) is 0 Å². The molecule has 2 rings (SSSR count). The monoisotopic (exact) mass is 394 g/mol. The molecule has 0 aliphatic carbocycles. The van der Waals surface area contributed by atoms with E-state index < -0.39 is 0 Å². The number of rotatable bonds is 5. The molecule has 0 heterocycles. The molecule has 120 valence electrons. The van der Waals surface area contributed by atoms with Crippen molar-refractivity contribution in [3.63, 3.8) is 0 Å². The van der Waals surface area contributed by atoms with Crippen molar-refractivity contribution < 1.29 is 20.4 Å². The zero-order chi connectivity index (χ0) is 15.6. The third kappa shape index (κ3) is 6.69. The fourth-order valence-corrected chi connectivity index (χ4v) is 1.97. The maximum absolute atomic E-state index is 4.36. The van der Waals surface area contributed by atoms with Crippen molar-refractivity contribution in [3.8, 4) is 0 Å². The van der Waals surface area contributed by atoms with Gasteiger partial charge in [-0.15, -0.1) is 0 Å². The molecule has 0 atom stereocenters. The summed E-state index contributed by atoms with van der Waals surface area (Å²) in [4.78, 5) is 8.72. The zero-order valence-corrected chi connectivity index (χ0v) is 14.8. The number of aliphatic imine (C=N–C) groups is 2. The molecule has 2 aromatic carbocycles. The first-order chi connectivity index (χ1) is 10.8. The summed E-state index contributed by atoms with van der Waals surface area (Å²) in [5.74, 6) is 0. The smallest absolute Gasteiger partial charge is 0.0630 e. The van der Waals surface area contributed by atoms with Crippen molar-refractivity contribution in [3.05, 3.63) is 71.8 Å². The second-order valence-electron chi connectivity index (χ2n) is 4.74. The van der Waals surface area contributed by atoms with Crippen molar-refractivity contribution >= 4 is 36.0 Å². The predicted octanol–water partition coefficient (Wildman–Crippen LogP) is 5.86. The fourth-order valence-electron chi connectivity index (χ4n) is 1.97. The van der Waals surface area contributed by atoms with Gasteiger partial charge < -0.3 is 0 Å². The minimum Gasteiger partial charge on any atom is -0.255 e. The van der Waals surface area contributed by atoms with Crippen LogP contribution < -0.4 is 0 Å². The van der Waals surface area contributed by atoms with E-state index in [1.54, 1.807) is 12.4 Å². The minimum atomic E-state index is 0. The molecular weight excluding hydrogens is 375 g/mol. The van der Waals surface area contributed by atoms with E-state index in [9.17, 15) is 0 Å². The van der Waals surface area contributed by atoms with Crippen LogP contribution in [0, 0.1) is 0 Å². The summed E-state index contributed by atoms with van der Waals surface area (Å²) in [6, 6.07) is 16.1. The van der Waals surface area contributed by atoms with E-state index in [0.717, 1.165) is 11.4 Å². The SMILES string of the molecule is CC=Cc1ccc(N=CC=Nc2ccc(C=CC)cc2)cc1.[Pd]. The Labute approximate surface area is 152 Å². The van der Waals surface area contributed by atoms with Crippen molar-refractivity contribution in [2.45, 2.75) is 13.8 Å². The van der Waals surface area contributed by atoms with Gasteiger partial charge in [0, 0.05) is 32.9 Å². The van der Waals surface area contributed by atoms with E-state index in [2.05, 4.69) is 22.1 Å². The van der Waals surface area contributed by atoms with Gasteiger partial charge in [-0.25, -0.2) is 0 Å². The van der Waals surface area contributed by atoms with E-state index in [-0.39, 0.29) is 20.4 Å². The Morgan fingerprint density at radius 1 is 0.609 bits per heavy atom. The maximum atomic E-state index is 4.36. The average Bonchev–Trinajstić information content (AvgIpc) is 2.55. The molecule has 0 saturated heterocycles. The molecule has 0 aliphatic rings. The second kappa shape index (κ2) is 10.6. The second-order valence-corrected chi connectivity index (χ2v) is 4.74. The largest absolute Gasteiger partial charge is 0.255 e. The summed E-state index contributed by atoms with van der Waals surface area (Å²) in [6.45, 7) is 4.02. The summed E-state index contributed by atoms with van der Waals surface area (Å²) >= 11 is 0. The molecule has 0 amide bonds.